The van der Waals surface area contributed by atoms with Crippen molar-refractivity contribution in [1.82, 2.24) is 15.2 Å². The molecule has 3 aromatic carbocycles. The van der Waals surface area contributed by atoms with E-state index in [1.807, 2.05) is 36.5 Å². The van der Waals surface area contributed by atoms with E-state index in [-0.39, 0.29) is 12.7 Å². The van der Waals surface area contributed by atoms with Crippen LogP contribution in [0.15, 0.2) is 36.5 Å². The van der Waals surface area contributed by atoms with Gasteiger partial charge in [-0.3, -0.25) is 9.78 Å². The minimum absolute atomic E-state index is 0.130. The molecule has 1 N–H and O–H groups in total. The monoisotopic (exact) mass is 503 g/mol. The van der Waals surface area contributed by atoms with Gasteiger partial charge in [-0.05, 0) is 73.8 Å². The molecule has 37 heavy (non-hydrogen) atoms. The number of fused-ring (bicyclic) bond motifs is 6. The van der Waals surface area contributed by atoms with Gasteiger partial charge >= 0.3 is 0 Å². The highest BCUT2D eigenvalue weighted by atomic mass is 16.7. The van der Waals surface area contributed by atoms with Crippen LogP contribution in [0.5, 0.6) is 23.0 Å². The molecular weight excluding hydrogens is 470 g/mol. The Morgan fingerprint density at radius 3 is 2.27 bits per heavy atom. The Morgan fingerprint density at radius 1 is 0.946 bits per heavy atom. The first-order valence-electron chi connectivity index (χ1n) is 12.5. The van der Waals surface area contributed by atoms with E-state index in [9.17, 15) is 4.79 Å². The van der Waals surface area contributed by atoms with Crippen molar-refractivity contribution in [3.05, 3.63) is 42.1 Å². The van der Waals surface area contributed by atoms with Gasteiger partial charge in [-0.25, -0.2) is 0 Å². The van der Waals surface area contributed by atoms with Crippen LogP contribution in [0, 0.1) is 5.92 Å². The molecule has 1 aromatic heterocycles. The lowest BCUT2D eigenvalue weighted by atomic mass is 9.94. The van der Waals surface area contributed by atoms with Crippen molar-refractivity contribution >= 4 is 38.4 Å². The summed E-state index contributed by atoms with van der Waals surface area (Å²) >= 11 is 0. The molecule has 1 aliphatic rings. The standard InChI is InChI=1S/C29H33N3O5/c1-16(17(2)32(3)4)7-8-30-29(33)22-9-18-21-12-27-28(37-15-36-27)13-24(21)31-14-23(18)20-11-26(35-6)25(34-5)10-19(20)22/h9-14,16-17H,7-8,15H2,1-6H3,(H,30,33). The Balaban J connectivity index is 1.63. The van der Waals surface area contributed by atoms with Crippen LogP contribution in [0.3, 0.4) is 0 Å². The summed E-state index contributed by atoms with van der Waals surface area (Å²) in [5.74, 6) is 2.80. The number of methoxy groups -OCH3 is 2. The number of carbonyl (C=O) groups excluding carboxylic acids is 1. The van der Waals surface area contributed by atoms with Crippen molar-refractivity contribution in [2.24, 2.45) is 5.92 Å². The van der Waals surface area contributed by atoms with Gasteiger partial charge in [-0.2, -0.15) is 0 Å². The molecule has 4 aromatic rings. The van der Waals surface area contributed by atoms with Crippen LogP contribution < -0.4 is 24.3 Å². The fourth-order valence-electron chi connectivity index (χ4n) is 4.97. The molecule has 0 saturated carbocycles. The Morgan fingerprint density at radius 2 is 1.59 bits per heavy atom. The third kappa shape index (κ3) is 4.46. The number of hydrogen-bond donors (Lipinski definition) is 1. The van der Waals surface area contributed by atoms with Crippen molar-refractivity contribution < 1.29 is 23.7 Å². The van der Waals surface area contributed by atoms with Crippen LogP contribution in [0.4, 0.5) is 0 Å². The number of rotatable bonds is 8. The summed E-state index contributed by atoms with van der Waals surface area (Å²) < 4.78 is 22.3. The maximum atomic E-state index is 13.6. The number of nitrogens with zero attached hydrogens (tertiary/aromatic N) is 2. The molecule has 0 bridgehead atoms. The number of hydrogen-bond acceptors (Lipinski definition) is 7. The van der Waals surface area contributed by atoms with Crippen LogP contribution in [-0.4, -0.2) is 63.5 Å². The number of benzene rings is 3. The normalized spacial score (nSPS) is 14.4. The van der Waals surface area contributed by atoms with E-state index in [0.717, 1.165) is 38.9 Å². The average Bonchev–Trinajstić information content (AvgIpc) is 3.36. The Kier molecular flexibility index (Phi) is 6.69. The lowest BCUT2D eigenvalue weighted by Crippen LogP contribution is -2.34. The molecule has 1 amide bonds. The Labute approximate surface area is 216 Å². The van der Waals surface area contributed by atoms with E-state index in [2.05, 4.69) is 38.2 Å². The second-order valence-corrected chi connectivity index (χ2v) is 9.85. The first-order chi connectivity index (χ1) is 17.8. The van der Waals surface area contributed by atoms with E-state index in [1.165, 1.54) is 0 Å². The maximum Gasteiger partial charge on any atom is 0.251 e. The topological polar surface area (TPSA) is 82.2 Å². The minimum Gasteiger partial charge on any atom is -0.493 e. The lowest BCUT2D eigenvalue weighted by Gasteiger charge is -2.26. The zero-order valence-electron chi connectivity index (χ0n) is 22.2. The van der Waals surface area contributed by atoms with E-state index in [1.54, 1.807) is 14.2 Å². The van der Waals surface area contributed by atoms with Gasteiger partial charge in [0.2, 0.25) is 6.79 Å². The molecule has 0 saturated heterocycles. The van der Waals surface area contributed by atoms with E-state index in [0.29, 0.717) is 47.1 Å². The molecule has 194 valence electrons. The van der Waals surface area contributed by atoms with Crippen LogP contribution in [0.25, 0.3) is 32.4 Å². The van der Waals surface area contributed by atoms with Crippen molar-refractivity contribution in [3.8, 4) is 23.0 Å². The number of nitrogens with one attached hydrogen (secondary N) is 1. The summed E-state index contributed by atoms with van der Waals surface area (Å²) in [4.78, 5) is 20.5. The zero-order valence-corrected chi connectivity index (χ0v) is 22.2. The molecular formula is C29H33N3O5. The van der Waals surface area contributed by atoms with Gasteiger partial charge in [0, 0.05) is 41.2 Å². The second-order valence-electron chi connectivity index (χ2n) is 9.85. The number of carbonyl (C=O) groups is 1. The Bertz CT molecular complexity index is 1500. The van der Waals surface area contributed by atoms with Gasteiger partial charge in [0.05, 0.1) is 19.7 Å². The molecule has 0 radical (unpaired) electrons. The van der Waals surface area contributed by atoms with Gasteiger partial charge in [-0.1, -0.05) is 6.92 Å². The zero-order chi connectivity index (χ0) is 26.3. The molecule has 2 heterocycles. The lowest BCUT2D eigenvalue weighted by molar-refractivity contribution is 0.0951. The van der Waals surface area contributed by atoms with E-state index in [4.69, 9.17) is 23.9 Å². The molecule has 2 atom stereocenters. The third-order valence-electron chi connectivity index (χ3n) is 7.56. The summed E-state index contributed by atoms with van der Waals surface area (Å²) in [6.45, 7) is 5.18. The van der Waals surface area contributed by atoms with Gasteiger partial charge in [0.25, 0.3) is 5.91 Å². The maximum absolute atomic E-state index is 13.6. The molecule has 2 unspecified atom stereocenters. The second kappa shape index (κ2) is 9.94. The van der Waals surface area contributed by atoms with Crippen molar-refractivity contribution in [2.45, 2.75) is 26.3 Å². The number of pyridine rings is 1. The molecule has 1 aliphatic heterocycles. The summed E-state index contributed by atoms with van der Waals surface area (Å²) in [6, 6.07) is 9.95. The summed E-state index contributed by atoms with van der Waals surface area (Å²) in [6.07, 6.45) is 2.71. The quantitative estimate of drug-likeness (QED) is 0.339. The number of aromatic nitrogens is 1. The van der Waals surface area contributed by atoms with Gasteiger partial charge < -0.3 is 29.2 Å². The SMILES string of the molecule is COc1cc2c(C(=O)NCCC(C)C(C)N(C)C)cc3c4cc5c(cc4ncc3c2cc1OC)OCO5. The van der Waals surface area contributed by atoms with Gasteiger partial charge in [-0.15, -0.1) is 0 Å². The van der Waals surface area contributed by atoms with Crippen LogP contribution in [0.1, 0.15) is 30.6 Å². The fraction of sp³-hybridized carbons (Fsp3) is 0.379. The van der Waals surface area contributed by atoms with Crippen molar-refractivity contribution in [2.75, 3.05) is 41.7 Å². The van der Waals surface area contributed by atoms with Crippen molar-refractivity contribution in [1.29, 1.82) is 0 Å². The number of amides is 1. The van der Waals surface area contributed by atoms with E-state index < -0.39 is 0 Å². The summed E-state index contributed by atoms with van der Waals surface area (Å²) in [7, 11) is 7.35. The average molecular weight is 504 g/mol. The van der Waals surface area contributed by atoms with Crippen LogP contribution in [-0.2, 0) is 0 Å². The van der Waals surface area contributed by atoms with Gasteiger partial charge in [0.1, 0.15) is 0 Å². The van der Waals surface area contributed by atoms with Crippen LogP contribution in [0.2, 0.25) is 0 Å². The molecule has 8 nitrogen and oxygen atoms in total. The molecule has 0 spiro atoms. The highest BCUT2D eigenvalue weighted by Crippen LogP contribution is 2.42. The summed E-state index contributed by atoms with van der Waals surface area (Å²) in [5, 5.41) is 7.49. The first-order valence-corrected chi connectivity index (χ1v) is 12.5. The molecule has 5 rings (SSSR count). The predicted octanol–water partition coefficient (Wildman–Crippen LogP) is 4.99. The first kappa shape index (κ1) is 24.9. The summed E-state index contributed by atoms with van der Waals surface area (Å²) in [5.41, 5.74) is 1.34. The molecule has 8 heteroatoms. The Hall–Kier alpha value is -3.78. The highest BCUT2D eigenvalue weighted by Gasteiger charge is 2.21. The largest absolute Gasteiger partial charge is 0.493 e. The molecule has 0 fully saturated rings. The van der Waals surface area contributed by atoms with E-state index >= 15 is 0 Å². The molecule has 0 aliphatic carbocycles. The smallest absolute Gasteiger partial charge is 0.251 e. The highest BCUT2D eigenvalue weighted by molar-refractivity contribution is 6.22. The van der Waals surface area contributed by atoms with Crippen molar-refractivity contribution in [3.63, 3.8) is 0 Å². The van der Waals surface area contributed by atoms with Gasteiger partial charge in [0.15, 0.2) is 23.0 Å². The van der Waals surface area contributed by atoms with Crippen LogP contribution >= 0.6 is 0 Å². The fourth-order valence-corrected chi connectivity index (χ4v) is 4.97. The third-order valence-corrected chi connectivity index (χ3v) is 7.56. The predicted molar refractivity (Wildman–Crippen MR) is 145 cm³/mol. The number of ether oxygens (including phenoxy) is 4. The minimum atomic E-state index is -0.130.